The molecule has 2 rings (SSSR count). The summed E-state index contributed by atoms with van der Waals surface area (Å²) in [6, 6.07) is 4.54. The van der Waals surface area contributed by atoms with E-state index in [9.17, 15) is 9.18 Å². The van der Waals surface area contributed by atoms with Crippen molar-refractivity contribution in [3.63, 3.8) is 0 Å². The summed E-state index contributed by atoms with van der Waals surface area (Å²) >= 11 is 0. The van der Waals surface area contributed by atoms with Gasteiger partial charge in [-0.2, -0.15) is 0 Å². The zero-order chi connectivity index (χ0) is 13.1. The van der Waals surface area contributed by atoms with Gasteiger partial charge in [-0.1, -0.05) is 13.3 Å². The monoisotopic (exact) mass is 251 g/mol. The van der Waals surface area contributed by atoms with E-state index in [2.05, 4.69) is 17.0 Å². The number of methoxy groups -OCH3 is 1. The van der Waals surface area contributed by atoms with Crippen molar-refractivity contribution in [2.24, 2.45) is 5.92 Å². The van der Waals surface area contributed by atoms with E-state index < -0.39 is 5.97 Å². The van der Waals surface area contributed by atoms with E-state index in [-0.39, 0.29) is 11.9 Å². The smallest absolute Gasteiger partial charge is 0.337 e. The predicted octanol–water partition coefficient (Wildman–Crippen LogP) is 3.21. The highest BCUT2D eigenvalue weighted by atomic mass is 19.1. The fraction of sp³-hybridized carbons (Fsp3) is 0.500. The molecule has 1 N–H and O–H groups in total. The van der Waals surface area contributed by atoms with Crippen molar-refractivity contribution >= 4 is 11.7 Å². The van der Waals surface area contributed by atoms with E-state index in [1.165, 1.54) is 25.3 Å². The molecule has 4 heteroatoms. The number of halogens is 1. The largest absolute Gasteiger partial charge is 0.465 e. The molecule has 18 heavy (non-hydrogen) atoms. The first-order valence-corrected chi connectivity index (χ1v) is 6.26. The molecule has 0 heterocycles. The van der Waals surface area contributed by atoms with Crippen LogP contribution in [-0.4, -0.2) is 19.1 Å². The lowest BCUT2D eigenvalue weighted by molar-refractivity contribution is 0.0600. The van der Waals surface area contributed by atoms with E-state index in [4.69, 9.17) is 0 Å². The van der Waals surface area contributed by atoms with Gasteiger partial charge in [-0.3, -0.25) is 0 Å². The van der Waals surface area contributed by atoms with Gasteiger partial charge in [-0.15, -0.1) is 0 Å². The van der Waals surface area contributed by atoms with Gasteiger partial charge in [0.25, 0.3) is 0 Å². The van der Waals surface area contributed by atoms with Crippen LogP contribution >= 0.6 is 0 Å². The summed E-state index contributed by atoms with van der Waals surface area (Å²) in [6.45, 7) is 2.16. The van der Waals surface area contributed by atoms with Gasteiger partial charge in [-0.05, 0) is 37.0 Å². The minimum absolute atomic E-state index is 0.285. The van der Waals surface area contributed by atoms with Crippen molar-refractivity contribution in [2.45, 2.75) is 32.2 Å². The third kappa shape index (κ3) is 2.63. The lowest BCUT2D eigenvalue weighted by Gasteiger charge is -2.19. The summed E-state index contributed by atoms with van der Waals surface area (Å²) < 4.78 is 18.3. The van der Waals surface area contributed by atoms with Gasteiger partial charge in [0.1, 0.15) is 5.82 Å². The van der Waals surface area contributed by atoms with E-state index in [0.717, 1.165) is 19.3 Å². The normalized spacial score (nSPS) is 22.8. The number of benzene rings is 1. The summed E-state index contributed by atoms with van der Waals surface area (Å²) in [4.78, 5) is 11.4. The Hall–Kier alpha value is -1.58. The molecular formula is C14H18FNO2. The maximum Gasteiger partial charge on any atom is 0.337 e. The van der Waals surface area contributed by atoms with Crippen LogP contribution in [0.15, 0.2) is 18.2 Å². The van der Waals surface area contributed by atoms with Gasteiger partial charge in [0.2, 0.25) is 0 Å². The van der Waals surface area contributed by atoms with Crippen LogP contribution in [0.3, 0.4) is 0 Å². The number of rotatable bonds is 3. The first-order chi connectivity index (χ1) is 8.61. The second-order valence-electron chi connectivity index (χ2n) is 4.85. The Balaban J connectivity index is 2.18. The third-order valence-electron chi connectivity index (χ3n) is 3.59. The van der Waals surface area contributed by atoms with Gasteiger partial charge in [-0.25, -0.2) is 9.18 Å². The average Bonchev–Trinajstić information content (AvgIpc) is 2.77. The molecule has 0 saturated heterocycles. The number of anilines is 1. The van der Waals surface area contributed by atoms with Gasteiger partial charge >= 0.3 is 5.97 Å². The molecule has 1 aliphatic rings. The number of carbonyl (C=O) groups excluding carboxylic acids is 1. The van der Waals surface area contributed by atoms with Crippen molar-refractivity contribution in [1.82, 2.24) is 0 Å². The topological polar surface area (TPSA) is 38.3 Å². The Morgan fingerprint density at radius 1 is 1.44 bits per heavy atom. The molecule has 98 valence electrons. The molecule has 0 radical (unpaired) electrons. The molecule has 1 aliphatic carbocycles. The Bertz CT molecular complexity index is 447. The van der Waals surface area contributed by atoms with Gasteiger partial charge < -0.3 is 10.1 Å². The third-order valence-corrected chi connectivity index (χ3v) is 3.59. The van der Waals surface area contributed by atoms with Crippen LogP contribution in [0.1, 0.15) is 36.5 Å². The van der Waals surface area contributed by atoms with Crippen molar-refractivity contribution < 1.29 is 13.9 Å². The fourth-order valence-electron chi connectivity index (χ4n) is 2.44. The zero-order valence-electron chi connectivity index (χ0n) is 10.7. The number of hydrogen-bond donors (Lipinski definition) is 1. The van der Waals surface area contributed by atoms with E-state index >= 15 is 0 Å². The van der Waals surface area contributed by atoms with Crippen LogP contribution < -0.4 is 5.32 Å². The molecule has 2 unspecified atom stereocenters. The Morgan fingerprint density at radius 2 is 2.22 bits per heavy atom. The second kappa shape index (κ2) is 5.38. The summed E-state index contributed by atoms with van der Waals surface area (Å²) in [6.07, 6.45) is 3.37. The molecule has 0 amide bonds. The molecule has 0 bridgehead atoms. The maximum absolute atomic E-state index is 13.7. The minimum atomic E-state index is -0.447. The Kier molecular flexibility index (Phi) is 3.84. The second-order valence-corrected chi connectivity index (χ2v) is 4.85. The molecule has 1 aromatic rings. The van der Waals surface area contributed by atoms with Crippen molar-refractivity contribution in [3.05, 3.63) is 29.6 Å². The summed E-state index contributed by atoms with van der Waals surface area (Å²) in [7, 11) is 1.32. The molecule has 0 aromatic heterocycles. The molecule has 0 spiro atoms. The van der Waals surface area contributed by atoms with Gasteiger partial charge in [0.15, 0.2) is 0 Å². The van der Waals surface area contributed by atoms with Crippen LogP contribution in [0.5, 0.6) is 0 Å². The molecule has 2 atom stereocenters. The molecule has 0 aliphatic heterocycles. The first kappa shape index (κ1) is 12.9. The highest BCUT2D eigenvalue weighted by Gasteiger charge is 2.24. The van der Waals surface area contributed by atoms with E-state index in [1.807, 2.05) is 0 Å². The predicted molar refractivity (Wildman–Crippen MR) is 68.2 cm³/mol. The van der Waals surface area contributed by atoms with Crippen LogP contribution in [-0.2, 0) is 4.74 Å². The number of ether oxygens (including phenoxy) is 1. The zero-order valence-corrected chi connectivity index (χ0v) is 10.7. The van der Waals surface area contributed by atoms with Crippen LogP contribution in [0.25, 0.3) is 0 Å². The fourth-order valence-corrected chi connectivity index (χ4v) is 2.44. The summed E-state index contributed by atoms with van der Waals surface area (Å²) in [5.41, 5.74) is 0.753. The number of carbonyl (C=O) groups is 1. The highest BCUT2D eigenvalue weighted by molar-refractivity contribution is 5.90. The highest BCUT2D eigenvalue weighted by Crippen LogP contribution is 2.29. The number of nitrogens with one attached hydrogen (secondary N) is 1. The van der Waals surface area contributed by atoms with Crippen molar-refractivity contribution in [1.29, 1.82) is 0 Å². The average molecular weight is 251 g/mol. The van der Waals surface area contributed by atoms with Crippen LogP contribution in [0, 0.1) is 11.7 Å². The quantitative estimate of drug-likeness (QED) is 0.838. The van der Waals surface area contributed by atoms with E-state index in [1.54, 1.807) is 0 Å². The van der Waals surface area contributed by atoms with Crippen LogP contribution in [0.4, 0.5) is 10.1 Å². The summed E-state index contributed by atoms with van der Waals surface area (Å²) in [5.74, 6) is -0.245. The minimum Gasteiger partial charge on any atom is -0.465 e. The molecule has 1 saturated carbocycles. The maximum atomic E-state index is 13.7. The number of esters is 1. The Labute approximate surface area is 106 Å². The Morgan fingerprint density at radius 3 is 2.83 bits per heavy atom. The SMILES string of the molecule is COC(=O)c1ccc(F)c(NC2CCCC2C)c1. The van der Waals surface area contributed by atoms with Gasteiger partial charge in [0, 0.05) is 6.04 Å². The molecule has 3 nitrogen and oxygen atoms in total. The molecule has 1 aromatic carbocycles. The lowest BCUT2D eigenvalue weighted by Crippen LogP contribution is -2.22. The van der Waals surface area contributed by atoms with Crippen molar-refractivity contribution in [2.75, 3.05) is 12.4 Å². The van der Waals surface area contributed by atoms with Crippen molar-refractivity contribution in [3.8, 4) is 0 Å². The summed E-state index contributed by atoms with van der Waals surface area (Å²) in [5, 5.41) is 3.20. The van der Waals surface area contributed by atoms with Crippen LogP contribution in [0.2, 0.25) is 0 Å². The standard InChI is InChI=1S/C14H18FNO2/c1-9-4-3-5-12(9)16-13-8-10(14(17)18-2)6-7-11(13)15/h6-9,12,16H,3-5H2,1-2H3. The number of hydrogen-bond acceptors (Lipinski definition) is 3. The molecular weight excluding hydrogens is 233 g/mol. The molecule has 1 fully saturated rings. The lowest BCUT2D eigenvalue weighted by atomic mass is 10.1. The van der Waals surface area contributed by atoms with Gasteiger partial charge in [0.05, 0.1) is 18.4 Å². The first-order valence-electron chi connectivity index (χ1n) is 6.26. The van der Waals surface area contributed by atoms with E-state index in [0.29, 0.717) is 17.2 Å².